The summed E-state index contributed by atoms with van der Waals surface area (Å²) in [6.45, 7) is 8.38. The highest BCUT2D eigenvalue weighted by atomic mass is 16.2. The number of carbonyl (C=O) groups is 1. The van der Waals surface area contributed by atoms with Crippen LogP contribution in [0.15, 0.2) is 15.7 Å². The molecular weight excluding hydrogens is 322 g/mol. The number of aromatic nitrogens is 3. The van der Waals surface area contributed by atoms with E-state index in [1.54, 1.807) is 20.0 Å². The number of H-pyrrole nitrogens is 1. The van der Waals surface area contributed by atoms with Gasteiger partial charge in [-0.15, -0.1) is 0 Å². The van der Waals surface area contributed by atoms with Crippen molar-refractivity contribution in [2.45, 2.75) is 46.2 Å². The van der Waals surface area contributed by atoms with Gasteiger partial charge in [0.15, 0.2) is 5.65 Å². The quantitative estimate of drug-likeness (QED) is 0.708. The molecule has 25 heavy (non-hydrogen) atoms. The fraction of sp³-hybridized carbons (Fsp3) is 0.529. The van der Waals surface area contributed by atoms with Gasteiger partial charge in [-0.3, -0.25) is 19.1 Å². The third-order valence-corrected chi connectivity index (χ3v) is 4.18. The standard InChI is InChI=1S/C17H25N5O3/c1-6-22-14-13(16(24)21-17(22)25)11(7-12(20-14)9(2)3)15(23)19-8-10(4)18-5/h7,9-10,18H,6,8H2,1-5H3,(H,19,23)(H,21,24,25). The maximum absolute atomic E-state index is 12.7. The lowest BCUT2D eigenvalue weighted by Gasteiger charge is -2.15. The number of carbonyl (C=O) groups excluding carboxylic acids is 1. The van der Waals surface area contributed by atoms with Gasteiger partial charge in [0.2, 0.25) is 0 Å². The molecule has 0 aliphatic rings. The molecule has 2 aromatic rings. The molecule has 0 radical (unpaired) electrons. The molecule has 1 atom stereocenters. The topological polar surface area (TPSA) is 109 Å². The largest absolute Gasteiger partial charge is 0.350 e. The number of fused-ring (bicyclic) bond motifs is 1. The lowest BCUT2D eigenvalue weighted by atomic mass is 10.0. The fourth-order valence-electron chi connectivity index (χ4n) is 2.50. The van der Waals surface area contributed by atoms with Crippen LogP contribution in [0.2, 0.25) is 0 Å². The maximum Gasteiger partial charge on any atom is 0.329 e. The third kappa shape index (κ3) is 3.79. The predicted octanol–water partition coefficient (Wildman–Crippen LogP) is 0.566. The SMILES string of the molecule is CCn1c(=O)[nH]c(=O)c2c(C(=O)NCC(C)NC)cc(C(C)C)nc21. The van der Waals surface area contributed by atoms with Gasteiger partial charge >= 0.3 is 5.69 Å². The molecular formula is C17H25N5O3. The van der Waals surface area contributed by atoms with E-state index in [4.69, 9.17) is 0 Å². The zero-order valence-electron chi connectivity index (χ0n) is 15.3. The van der Waals surface area contributed by atoms with Crippen LogP contribution in [0.25, 0.3) is 11.0 Å². The van der Waals surface area contributed by atoms with E-state index in [2.05, 4.69) is 20.6 Å². The normalized spacial score (nSPS) is 12.6. The number of likely N-dealkylation sites (N-methyl/N-ethyl adjacent to an activating group) is 1. The number of hydrogen-bond donors (Lipinski definition) is 3. The van der Waals surface area contributed by atoms with Gasteiger partial charge in [0.1, 0.15) is 0 Å². The molecule has 1 amide bonds. The number of aromatic amines is 1. The summed E-state index contributed by atoms with van der Waals surface area (Å²) in [5.74, 6) is -0.310. The monoisotopic (exact) mass is 347 g/mol. The summed E-state index contributed by atoms with van der Waals surface area (Å²) >= 11 is 0. The molecule has 8 heteroatoms. The Morgan fingerprint density at radius 3 is 2.56 bits per heavy atom. The second-order valence-corrected chi connectivity index (χ2v) is 6.35. The number of hydrogen-bond acceptors (Lipinski definition) is 5. The first kappa shape index (κ1) is 18.9. The molecule has 0 saturated heterocycles. The van der Waals surface area contributed by atoms with Crippen LogP contribution in [-0.2, 0) is 6.54 Å². The van der Waals surface area contributed by atoms with E-state index in [-0.39, 0.29) is 34.5 Å². The molecule has 136 valence electrons. The van der Waals surface area contributed by atoms with Crippen molar-refractivity contribution in [3.63, 3.8) is 0 Å². The van der Waals surface area contributed by atoms with Crippen LogP contribution < -0.4 is 21.9 Å². The molecule has 2 heterocycles. The molecule has 0 spiro atoms. The van der Waals surface area contributed by atoms with E-state index >= 15 is 0 Å². The highest BCUT2D eigenvalue weighted by Gasteiger charge is 2.20. The van der Waals surface area contributed by atoms with Crippen LogP contribution in [0, 0.1) is 0 Å². The van der Waals surface area contributed by atoms with Crippen molar-refractivity contribution in [3.8, 4) is 0 Å². The lowest BCUT2D eigenvalue weighted by Crippen LogP contribution is -2.38. The van der Waals surface area contributed by atoms with Crippen LogP contribution in [0.3, 0.4) is 0 Å². The van der Waals surface area contributed by atoms with Gasteiger partial charge in [-0.05, 0) is 32.9 Å². The van der Waals surface area contributed by atoms with Crippen LogP contribution in [-0.4, -0.2) is 40.1 Å². The summed E-state index contributed by atoms with van der Waals surface area (Å²) in [6, 6.07) is 1.72. The maximum atomic E-state index is 12.7. The zero-order chi connectivity index (χ0) is 18.7. The minimum Gasteiger partial charge on any atom is -0.350 e. The van der Waals surface area contributed by atoms with Gasteiger partial charge in [-0.25, -0.2) is 9.78 Å². The van der Waals surface area contributed by atoms with Crippen molar-refractivity contribution in [2.24, 2.45) is 0 Å². The van der Waals surface area contributed by atoms with Gasteiger partial charge in [0, 0.05) is 24.8 Å². The third-order valence-electron chi connectivity index (χ3n) is 4.18. The molecule has 0 aliphatic carbocycles. The second-order valence-electron chi connectivity index (χ2n) is 6.35. The first-order valence-corrected chi connectivity index (χ1v) is 8.43. The van der Waals surface area contributed by atoms with E-state index in [1.807, 2.05) is 20.8 Å². The first-order chi connectivity index (χ1) is 11.8. The van der Waals surface area contributed by atoms with Gasteiger partial charge < -0.3 is 10.6 Å². The molecule has 2 aromatic heterocycles. The average molecular weight is 347 g/mol. The van der Waals surface area contributed by atoms with Gasteiger partial charge in [0.25, 0.3) is 11.5 Å². The molecule has 0 aromatic carbocycles. The van der Waals surface area contributed by atoms with Crippen LogP contribution in [0.5, 0.6) is 0 Å². The fourth-order valence-corrected chi connectivity index (χ4v) is 2.50. The van der Waals surface area contributed by atoms with E-state index in [0.717, 1.165) is 0 Å². The smallest absolute Gasteiger partial charge is 0.329 e. The number of nitrogens with zero attached hydrogens (tertiary/aromatic N) is 2. The molecule has 8 nitrogen and oxygen atoms in total. The Balaban J connectivity index is 2.71. The number of nitrogens with one attached hydrogen (secondary N) is 3. The number of amides is 1. The van der Waals surface area contributed by atoms with Crippen molar-refractivity contribution in [2.75, 3.05) is 13.6 Å². The summed E-state index contributed by atoms with van der Waals surface area (Å²) < 4.78 is 1.37. The Kier molecular flexibility index (Phi) is 5.73. The number of rotatable bonds is 6. The van der Waals surface area contributed by atoms with E-state index < -0.39 is 11.2 Å². The molecule has 0 bridgehead atoms. The summed E-state index contributed by atoms with van der Waals surface area (Å²) in [5.41, 5.74) is 0.0177. The number of aryl methyl sites for hydroxylation is 1. The van der Waals surface area contributed by atoms with Crippen LogP contribution >= 0.6 is 0 Å². The molecule has 1 unspecified atom stereocenters. The minimum absolute atomic E-state index is 0.0480. The Labute approximate surface area is 145 Å². The van der Waals surface area contributed by atoms with Crippen molar-refractivity contribution < 1.29 is 4.79 Å². The second kappa shape index (κ2) is 7.60. The Morgan fingerprint density at radius 1 is 1.32 bits per heavy atom. The summed E-state index contributed by atoms with van der Waals surface area (Å²) in [6.07, 6.45) is 0. The molecule has 0 aliphatic heterocycles. The van der Waals surface area contributed by atoms with Crippen molar-refractivity contribution in [1.29, 1.82) is 0 Å². The first-order valence-electron chi connectivity index (χ1n) is 8.43. The van der Waals surface area contributed by atoms with Crippen LogP contribution in [0.1, 0.15) is 49.7 Å². The molecule has 0 fully saturated rings. The van der Waals surface area contributed by atoms with Crippen molar-refractivity contribution in [3.05, 3.63) is 38.2 Å². The van der Waals surface area contributed by atoms with E-state index in [1.165, 1.54) is 4.57 Å². The Morgan fingerprint density at radius 2 is 2.00 bits per heavy atom. The molecule has 2 rings (SSSR count). The van der Waals surface area contributed by atoms with E-state index in [0.29, 0.717) is 18.8 Å². The van der Waals surface area contributed by atoms with E-state index in [9.17, 15) is 14.4 Å². The Bertz CT molecular complexity index is 898. The van der Waals surface area contributed by atoms with Gasteiger partial charge in [-0.2, -0.15) is 0 Å². The van der Waals surface area contributed by atoms with Crippen molar-refractivity contribution in [1.82, 2.24) is 25.2 Å². The Hall–Kier alpha value is -2.48. The zero-order valence-corrected chi connectivity index (χ0v) is 15.3. The summed E-state index contributed by atoms with van der Waals surface area (Å²) in [4.78, 5) is 43.9. The number of pyridine rings is 1. The average Bonchev–Trinajstić information content (AvgIpc) is 2.58. The molecule has 3 N–H and O–H groups in total. The highest BCUT2D eigenvalue weighted by molar-refractivity contribution is 6.05. The van der Waals surface area contributed by atoms with Crippen molar-refractivity contribution >= 4 is 16.9 Å². The highest BCUT2D eigenvalue weighted by Crippen LogP contribution is 2.19. The summed E-state index contributed by atoms with van der Waals surface area (Å²) in [7, 11) is 1.81. The van der Waals surface area contributed by atoms with Gasteiger partial charge in [0.05, 0.1) is 10.9 Å². The predicted molar refractivity (Wildman–Crippen MR) is 97.2 cm³/mol. The minimum atomic E-state index is -0.598. The van der Waals surface area contributed by atoms with Crippen LogP contribution in [0.4, 0.5) is 0 Å². The van der Waals surface area contributed by atoms with Gasteiger partial charge in [-0.1, -0.05) is 13.8 Å². The molecule has 0 saturated carbocycles. The lowest BCUT2D eigenvalue weighted by molar-refractivity contribution is 0.0952. The summed E-state index contributed by atoms with van der Waals surface area (Å²) in [5, 5.41) is 5.99.